The highest BCUT2D eigenvalue weighted by molar-refractivity contribution is 5.54. The van der Waals surface area contributed by atoms with Crippen LogP contribution in [0.1, 0.15) is 306 Å². The second kappa shape index (κ2) is 49.0. The van der Waals surface area contributed by atoms with Crippen molar-refractivity contribution in [2.45, 2.75) is 305 Å². The topological polar surface area (TPSA) is 122 Å². The first-order chi connectivity index (χ1) is 46.7. The lowest BCUT2D eigenvalue weighted by molar-refractivity contribution is -0.270. The van der Waals surface area contributed by atoms with Gasteiger partial charge < -0.3 is 79.9 Å². The third-order valence-corrected chi connectivity index (χ3v) is 20.6. The van der Waals surface area contributed by atoms with Crippen molar-refractivity contribution in [3.63, 3.8) is 0 Å². The molecule has 0 N–H and O–H groups in total. The molecule has 3 aliphatic heterocycles. The number of rotatable bonds is 51. The van der Waals surface area contributed by atoms with Crippen LogP contribution in [0.3, 0.4) is 0 Å². The molecule has 18 heteroatoms. The highest BCUT2D eigenvalue weighted by Crippen LogP contribution is 2.43. The van der Waals surface area contributed by atoms with Crippen molar-refractivity contribution in [1.29, 1.82) is 0 Å². The van der Waals surface area contributed by atoms with Crippen LogP contribution in [0.25, 0.3) is 0 Å². The lowest BCUT2D eigenvalue weighted by atomic mass is 9.93. The standard InChI is InChI=1S/C82H139N6O9.3ClH/c1-16-19-22-34-43-65(4)46-37-28-25-31-40-49-86(10,11)73-55-83-52-70-58-89-64-95-79(76(70)73)92-61-82(9,62-93-80-77-71(59-90-68(7)96-80)53-84-56-74(77)87(12,13)50-41-32-26-29-38-47-66(5)44-35-23-20-17-2)63-94-81-78-72(60-91-69(8)97-81)54-85-57-75(78)88(14,15)51-42-33-27-30-39-48-67(6)45-36-24-21-18-3;;;/h52-57,68-69,79-81H,4-6,16-51,58-64H2,1-3,7-15H3;3*1H/q+3;;;/p-3. The van der Waals surface area contributed by atoms with E-state index in [1.165, 1.54) is 190 Å². The number of ether oxygens (including phenoxy) is 9. The van der Waals surface area contributed by atoms with Crippen molar-refractivity contribution in [1.82, 2.24) is 28.4 Å². The van der Waals surface area contributed by atoms with Crippen molar-refractivity contribution in [2.75, 3.05) is 88.5 Å². The molecule has 0 radical (unpaired) electrons. The predicted octanol–water partition coefficient (Wildman–Crippen LogP) is 11.9. The van der Waals surface area contributed by atoms with Crippen LogP contribution >= 0.6 is 0 Å². The fourth-order valence-corrected chi connectivity index (χ4v) is 14.1. The SMILES string of the molecule is C=C(CCCCCC)CCCCCCC[N+](C)(C)c1cncc2c1C(OCC(C)(COC1OC(C)OCc3cncc([N+](C)(C)CCCCCCCC(=C)CCCCCC)c31)COC1OC(C)OCc3cncc([N+](C)(C)CCCCCCCC(=C)CCCCCC)c31)OCOC2.[Cl-].[Cl-].[Cl-]. The fourth-order valence-electron chi connectivity index (χ4n) is 14.1. The molecule has 6 rings (SSSR count). The maximum Gasteiger partial charge on any atom is 0.193 e. The molecule has 0 fully saturated rings. The smallest absolute Gasteiger partial charge is 0.193 e. The summed E-state index contributed by atoms with van der Waals surface area (Å²) in [6.45, 7) is 30.6. The molecular formula is C82H139Cl3N6O9. The number of fused-ring (bicyclic) bond motifs is 3. The van der Waals surface area contributed by atoms with Crippen molar-refractivity contribution in [3.8, 4) is 0 Å². The van der Waals surface area contributed by atoms with Gasteiger partial charge >= 0.3 is 0 Å². The van der Waals surface area contributed by atoms with Crippen LogP contribution in [-0.4, -0.2) is 116 Å². The molecule has 0 aromatic carbocycles. The van der Waals surface area contributed by atoms with Gasteiger partial charge in [-0.1, -0.05) is 160 Å². The fraction of sp³-hybridized carbons (Fsp3) is 0.744. The number of hydrogen-bond acceptors (Lipinski definition) is 12. The predicted molar refractivity (Wildman–Crippen MR) is 401 cm³/mol. The third kappa shape index (κ3) is 31.6. The van der Waals surface area contributed by atoms with Gasteiger partial charge in [-0.3, -0.25) is 28.4 Å². The average Bonchev–Trinajstić information content (AvgIpc) is 1.23. The van der Waals surface area contributed by atoms with Crippen LogP contribution in [0.15, 0.2) is 73.6 Å². The van der Waals surface area contributed by atoms with Crippen LogP contribution in [0, 0.1) is 5.41 Å². The first-order valence-corrected chi connectivity index (χ1v) is 38.7. The van der Waals surface area contributed by atoms with Gasteiger partial charge in [0.2, 0.25) is 0 Å². The number of aromatic nitrogens is 3. The van der Waals surface area contributed by atoms with Gasteiger partial charge in [0.15, 0.2) is 55.3 Å². The Morgan fingerprint density at radius 3 is 1.01 bits per heavy atom. The van der Waals surface area contributed by atoms with E-state index in [4.69, 9.17) is 57.6 Å². The van der Waals surface area contributed by atoms with Crippen LogP contribution in [-0.2, 0) is 62.5 Å². The summed E-state index contributed by atoms with van der Waals surface area (Å²) in [5, 5.41) is 0. The minimum atomic E-state index is -0.826. The molecular weight excluding hydrogens is 1320 g/mol. The van der Waals surface area contributed by atoms with E-state index in [0.29, 0.717) is 33.3 Å². The van der Waals surface area contributed by atoms with Gasteiger partial charge in [-0.15, -0.1) is 0 Å². The largest absolute Gasteiger partial charge is 1.00 e. The van der Waals surface area contributed by atoms with Crippen molar-refractivity contribution < 1.29 is 79.9 Å². The van der Waals surface area contributed by atoms with Gasteiger partial charge in [0, 0.05) is 40.7 Å². The summed E-state index contributed by atoms with van der Waals surface area (Å²) >= 11 is 0. The lowest BCUT2D eigenvalue weighted by Crippen LogP contribution is -3.00. The molecule has 0 saturated heterocycles. The summed E-state index contributed by atoms with van der Waals surface area (Å²) in [6.07, 6.45) is 48.5. The van der Waals surface area contributed by atoms with E-state index < -0.39 is 36.9 Å². The number of halogens is 3. The molecule has 5 atom stereocenters. The highest BCUT2D eigenvalue weighted by Gasteiger charge is 2.41. The first kappa shape index (κ1) is 91.3. The summed E-state index contributed by atoms with van der Waals surface area (Å²) in [7, 11) is 13.7. The van der Waals surface area contributed by atoms with E-state index in [1.807, 2.05) is 51.0 Å². The minimum absolute atomic E-state index is 0. The van der Waals surface area contributed by atoms with Gasteiger partial charge in [0.05, 0.1) is 137 Å². The molecule has 3 aromatic heterocycles. The van der Waals surface area contributed by atoms with Crippen molar-refractivity contribution >= 4 is 17.1 Å². The van der Waals surface area contributed by atoms with Crippen LogP contribution < -0.4 is 50.7 Å². The van der Waals surface area contributed by atoms with Crippen molar-refractivity contribution in [3.05, 3.63) is 107 Å². The van der Waals surface area contributed by atoms with Gasteiger partial charge in [-0.05, 0) is 129 Å². The van der Waals surface area contributed by atoms with Crippen molar-refractivity contribution in [2.24, 2.45) is 5.41 Å². The number of hydrogen-bond donors (Lipinski definition) is 0. The molecule has 0 bridgehead atoms. The number of quaternary nitrogens is 3. The van der Waals surface area contributed by atoms with Gasteiger partial charge in [0.25, 0.3) is 0 Å². The van der Waals surface area contributed by atoms with Gasteiger partial charge in [-0.2, -0.15) is 0 Å². The summed E-state index contributed by atoms with van der Waals surface area (Å²) in [4.78, 5) is 14.5. The molecule has 3 aromatic rings. The third-order valence-electron chi connectivity index (χ3n) is 20.6. The summed E-state index contributed by atoms with van der Waals surface area (Å²) < 4.78 is 62.8. The first-order valence-electron chi connectivity index (χ1n) is 38.7. The monoisotopic (exact) mass is 1460 g/mol. The summed E-state index contributed by atoms with van der Waals surface area (Å²) in [6, 6.07) is 0. The molecule has 15 nitrogen and oxygen atoms in total. The summed E-state index contributed by atoms with van der Waals surface area (Å²) in [5.74, 6) is 0. The Labute approximate surface area is 627 Å². The van der Waals surface area contributed by atoms with Crippen LogP contribution in [0.5, 0.6) is 0 Å². The minimum Gasteiger partial charge on any atom is -1.00 e. The van der Waals surface area contributed by atoms with Gasteiger partial charge in [-0.25, -0.2) is 0 Å². The molecule has 0 aliphatic carbocycles. The molecule has 100 heavy (non-hydrogen) atoms. The molecule has 0 saturated carbocycles. The molecule has 5 unspecified atom stereocenters. The summed E-state index contributed by atoms with van der Waals surface area (Å²) in [5.41, 5.74) is 12.4. The van der Waals surface area contributed by atoms with Gasteiger partial charge in [0.1, 0.15) is 0 Å². The van der Waals surface area contributed by atoms with E-state index >= 15 is 0 Å². The van der Waals surface area contributed by atoms with Crippen LogP contribution in [0.2, 0.25) is 0 Å². The molecule has 3 aliphatic rings. The Hall–Kier alpha value is -2.94. The Balaban J connectivity index is 0.00000867. The zero-order valence-electron chi connectivity index (χ0n) is 64.9. The normalized spacial score (nSPS) is 18.5. The van der Waals surface area contributed by atoms with E-state index in [9.17, 15) is 0 Å². The highest BCUT2D eigenvalue weighted by atomic mass is 35.5. The molecule has 6 heterocycles. The maximum absolute atomic E-state index is 7.29. The Morgan fingerprint density at radius 2 is 0.680 bits per heavy atom. The van der Waals surface area contributed by atoms with E-state index in [2.05, 4.69) is 89.7 Å². The van der Waals surface area contributed by atoms with E-state index in [0.717, 1.165) is 109 Å². The average molecular weight is 1460 g/mol. The van der Waals surface area contributed by atoms with Crippen LogP contribution in [0.4, 0.5) is 17.1 Å². The lowest BCUT2D eigenvalue weighted by Gasteiger charge is -2.37. The second-order valence-electron chi connectivity index (χ2n) is 31.1. The Bertz CT molecular complexity index is 2650. The number of allylic oxidation sites excluding steroid dienone is 3. The molecule has 0 amide bonds. The quantitative estimate of drug-likeness (QED) is 0.0304. The Kier molecular flexibility index (Phi) is 44.7. The second-order valence-corrected chi connectivity index (χ2v) is 31.1. The molecule has 0 spiro atoms. The Morgan fingerprint density at radius 1 is 0.400 bits per heavy atom. The van der Waals surface area contributed by atoms with E-state index in [-0.39, 0.29) is 63.8 Å². The maximum atomic E-state index is 7.29. The van der Waals surface area contributed by atoms with E-state index in [1.54, 1.807) is 0 Å². The number of pyridine rings is 3. The number of nitrogens with zero attached hydrogens (tertiary/aromatic N) is 6. The number of unbranched alkanes of at least 4 members (excludes halogenated alkanes) is 21. The zero-order chi connectivity index (χ0) is 69.9. The molecule has 572 valence electrons. The zero-order valence-corrected chi connectivity index (χ0v) is 67.1.